The highest BCUT2D eigenvalue weighted by atomic mass is 16.6. The molecule has 2 unspecified atom stereocenters. The van der Waals surface area contributed by atoms with Crippen molar-refractivity contribution in [3.8, 4) is 0 Å². The van der Waals surface area contributed by atoms with Crippen LogP contribution in [0, 0.1) is 5.41 Å². The van der Waals surface area contributed by atoms with Crippen LogP contribution in [-0.4, -0.2) is 41.9 Å². The third-order valence-corrected chi connectivity index (χ3v) is 3.76. The van der Waals surface area contributed by atoms with Gasteiger partial charge in [-0.25, -0.2) is 4.79 Å². The second-order valence-corrected chi connectivity index (χ2v) is 7.66. The lowest BCUT2D eigenvalue weighted by Gasteiger charge is -2.43. The number of piperidine rings is 1. The summed E-state index contributed by atoms with van der Waals surface area (Å²) in [5, 5.41) is 0. The highest BCUT2D eigenvalue weighted by molar-refractivity contribution is 5.68. The van der Waals surface area contributed by atoms with Crippen molar-refractivity contribution in [2.24, 2.45) is 5.41 Å². The molecule has 0 aliphatic carbocycles. The molecular weight excluding hydrogens is 242 g/mol. The summed E-state index contributed by atoms with van der Waals surface area (Å²) in [6.07, 6.45) is 3.34. The lowest BCUT2D eigenvalue weighted by molar-refractivity contribution is -0.00969. The first-order valence-electron chi connectivity index (χ1n) is 7.27. The van der Waals surface area contributed by atoms with E-state index in [1.807, 2.05) is 25.7 Å². The van der Waals surface area contributed by atoms with E-state index in [9.17, 15) is 4.79 Å². The largest absolute Gasteiger partial charge is 0.444 e. The standard InChI is InChI=1S/C15H27NO3/c1-14(2,3)19-13(17)16-10-15(4,5)7-6-11(16)8-12-9-18-12/h11-12H,6-10H2,1-5H3. The predicted octanol–water partition coefficient (Wildman–Crippen LogP) is 3.20. The second kappa shape index (κ2) is 4.97. The van der Waals surface area contributed by atoms with Crippen LogP contribution in [0.15, 0.2) is 0 Å². The maximum absolute atomic E-state index is 12.4. The van der Waals surface area contributed by atoms with Gasteiger partial charge in [0.15, 0.2) is 0 Å². The monoisotopic (exact) mass is 269 g/mol. The van der Waals surface area contributed by atoms with Crippen LogP contribution in [0.5, 0.6) is 0 Å². The predicted molar refractivity (Wildman–Crippen MR) is 74.1 cm³/mol. The fourth-order valence-corrected chi connectivity index (χ4v) is 2.67. The first-order valence-corrected chi connectivity index (χ1v) is 7.27. The number of rotatable bonds is 2. The van der Waals surface area contributed by atoms with E-state index in [1.165, 1.54) is 0 Å². The third kappa shape index (κ3) is 4.37. The quantitative estimate of drug-likeness (QED) is 0.723. The zero-order valence-corrected chi connectivity index (χ0v) is 12.9. The molecule has 0 bridgehead atoms. The van der Waals surface area contributed by atoms with E-state index in [-0.39, 0.29) is 17.6 Å². The van der Waals surface area contributed by atoms with Gasteiger partial charge in [-0.3, -0.25) is 0 Å². The van der Waals surface area contributed by atoms with Gasteiger partial charge in [-0.15, -0.1) is 0 Å². The van der Waals surface area contributed by atoms with Gasteiger partial charge in [0, 0.05) is 12.6 Å². The lowest BCUT2D eigenvalue weighted by atomic mass is 9.80. The molecular formula is C15H27NO3. The minimum atomic E-state index is -0.431. The van der Waals surface area contributed by atoms with Crippen LogP contribution in [0.4, 0.5) is 4.79 Å². The number of likely N-dealkylation sites (tertiary alicyclic amines) is 1. The van der Waals surface area contributed by atoms with Crippen molar-refractivity contribution in [3.05, 3.63) is 0 Å². The SMILES string of the molecule is CC1(C)CCC(CC2CO2)N(C(=O)OC(C)(C)C)C1. The zero-order chi connectivity index (χ0) is 14.3. The number of nitrogens with zero attached hydrogens (tertiary/aromatic N) is 1. The van der Waals surface area contributed by atoms with Crippen molar-refractivity contribution in [1.82, 2.24) is 4.90 Å². The first-order chi connectivity index (χ1) is 8.66. The van der Waals surface area contributed by atoms with E-state index < -0.39 is 5.60 Å². The average Bonchev–Trinajstić information content (AvgIpc) is 3.01. The van der Waals surface area contributed by atoms with Crippen molar-refractivity contribution in [2.45, 2.75) is 71.6 Å². The minimum Gasteiger partial charge on any atom is -0.444 e. The molecule has 0 saturated carbocycles. The highest BCUT2D eigenvalue weighted by Crippen LogP contribution is 2.35. The molecule has 2 atom stereocenters. The third-order valence-electron chi connectivity index (χ3n) is 3.76. The Morgan fingerprint density at radius 1 is 1.42 bits per heavy atom. The van der Waals surface area contributed by atoms with Crippen LogP contribution in [0.3, 0.4) is 0 Å². The maximum atomic E-state index is 12.4. The lowest BCUT2D eigenvalue weighted by Crippen LogP contribution is -2.51. The number of carbonyl (C=O) groups excluding carboxylic acids is 1. The molecule has 0 aromatic carbocycles. The van der Waals surface area contributed by atoms with E-state index >= 15 is 0 Å². The van der Waals surface area contributed by atoms with Crippen molar-refractivity contribution >= 4 is 6.09 Å². The van der Waals surface area contributed by atoms with Crippen molar-refractivity contribution < 1.29 is 14.3 Å². The van der Waals surface area contributed by atoms with Crippen LogP contribution in [0.1, 0.15) is 53.9 Å². The first kappa shape index (κ1) is 14.6. The molecule has 1 amide bonds. The number of amides is 1. The van der Waals surface area contributed by atoms with Crippen LogP contribution in [0.2, 0.25) is 0 Å². The average molecular weight is 269 g/mol. The number of hydrogen-bond acceptors (Lipinski definition) is 3. The van der Waals surface area contributed by atoms with Crippen LogP contribution >= 0.6 is 0 Å². The summed E-state index contributed by atoms with van der Waals surface area (Å²) in [5.74, 6) is 0. The Kier molecular flexibility index (Phi) is 3.83. The number of carbonyl (C=O) groups is 1. The molecule has 0 aromatic rings. The molecule has 2 heterocycles. The van der Waals surface area contributed by atoms with Gasteiger partial charge in [-0.05, 0) is 45.4 Å². The highest BCUT2D eigenvalue weighted by Gasteiger charge is 2.40. The summed E-state index contributed by atoms with van der Waals surface area (Å²) >= 11 is 0. The number of ether oxygens (including phenoxy) is 2. The van der Waals surface area contributed by atoms with Gasteiger partial charge in [0.1, 0.15) is 5.60 Å². The Morgan fingerprint density at radius 3 is 2.58 bits per heavy atom. The smallest absolute Gasteiger partial charge is 0.410 e. The summed E-state index contributed by atoms with van der Waals surface area (Å²) in [5.41, 5.74) is -0.253. The minimum absolute atomic E-state index is 0.175. The molecule has 19 heavy (non-hydrogen) atoms. The van der Waals surface area contributed by atoms with Crippen molar-refractivity contribution in [1.29, 1.82) is 0 Å². The topological polar surface area (TPSA) is 42.1 Å². The van der Waals surface area contributed by atoms with Gasteiger partial charge in [-0.1, -0.05) is 13.8 Å². The van der Waals surface area contributed by atoms with E-state index in [2.05, 4.69) is 13.8 Å². The number of epoxide rings is 1. The normalized spacial score (nSPS) is 30.1. The van der Waals surface area contributed by atoms with Gasteiger partial charge in [-0.2, -0.15) is 0 Å². The van der Waals surface area contributed by atoms with Gasteiger partial charge < -0.3 is 14.4 Å². The fourth-order valence-electron chi connectivity index (χ4n) is 2.67. The van der Waals surface area contributed by atoms with E-state index in [1.54, 1.807) is 0 Å². The van der Waals surface area contributed by atoms with E-state index in [0.29, 0.717) is 6.10 Å². The van der Waals surface area contributed by atoms with Crippen LogP contribution in [0.25, 0.3) is 0 Å². The summed E-state index contributed by atoms with van der Waals surface area (Å²) in [7, 11) is 0. The zero-order valence-electron chi connectivity index (χ0n) is 12.9. The van der Waals surface area contributed by atoms with Gasteiger partial charge in [0.2, 0.25) is 0 Å². The van der Waals surface area contributed by atoms with Gasteiger partial charge in [0.25, 0.3) is 0 Å². The Hall–Kier alpha value is -0.770. The summed E-state index contributed by atoms with van der Waals surface area (Å²) < 4.78 is 10.9. The van der Waals surface area contributed by atoms with Crippen molar-refractivity contribution in [2.75, 3.05) is 13.2 Å². The number of hydrogen-bond donors (Lipinski definition) is 0. The van der Waals surface area contributed by atoms with E-state index in [0.717, 1.165) is 32.4 Å². The van der Waals surface area contributed by atoms with Gasteiger partial charge >= 0.3 is 6.09 Å². The molecule has 110 valence electrons. The molecule has 0 N–H and O–H groups in total. The molecule has 2 aliphatic rings. The molecule has 2 saturated heterocycles. The van der Waals surface area contributed by atoms with Crippen molar-refractivity contribution in [3.63, 3.8) is 0 Å². The van der Waals surface area contributed by atoms with Crippen LogP contribution < -0.4 is 0 Å². The second-order valence-electron chi connectivity index (χ2n) is 7.66. The molecule has 2 fully saturated rings. The Bertz CT molecular complexity index is 342. The molecule has 4 nitrogen and oxygen atoms in total. The Labute approximate surface area is 116 Å². The molecule has 0 spiro atoms. The summed E-state index contributed by atoms with van der Waals surface area (Å²) in [6.45, 7) is 11.8. The molecule has 2 aliphatic heterocycles. The molecule has 0 radical (unpaired) electrons. The van der Waals surface area contributed by atoms with Gasteiger partial charge in [0.05, 0.1) is 12.7 Å². The summed E-state index contributed by atoms with van der Waals surface area (Å²) in [4.78, 5) is 14.3. The Morgan fingerprint density at radius 2 is 2.05 bits per heavy atom. The molecule has 2 rings (SSSR count). The van der Waals surface area contributed by atoms with E-state index in [4.69, 9.17) is 9.47 Å². The molecule has 4 heteroatoms. The van der Waals surface area contributed by atoms with Crippen LogP contribution in [-0.2, 0) is 9.47 Å². The summed E-state index contributed by atoms with van der Waals surface area (Å²) in [6, 6.07) is 0.273. The molecule has 0 aromatic heterocycles. The maximum Gasteiger partial charge on any atom is 0.410 e. The Balaban J connectivity index is 2.03. The fraction of sp³-hybridized carbons (Fsp3) is 0.933.